The van der Waals surface area contributed by atoms with Crippen molar-refractivity contribution >= 4 is 23.2 Å². The minimum Gasteiger partial charge on any atom is -0.490 e. The highest BCUT2D eigenvalue weighted by Gasteiger charge is 2.28. The summed E-state index contributed by atoms with van der Waals surface area (Å²) in [7, 11) is 1.36. The van der Waals surface area contributed by atoms with Crippen LogP contribution in [0.25, 0.3) is 0 Å². The van der Waals surface area contributed by atoms with E-state index in [9.17, 15) is 18.0 Å². The van der Waals surface area contributed by atoms with Gasteiger partial charge in [-0.2, -0.15) is 18.2 Å². The molecule has 0 aliphatic heterocycles. The minimum atomic E-state index is -4.45. The van der Waals surface area contributed by atoms with Crippen molar-refractivity contribution in [3.05, 3.63) is 75.2 Å². The maximum atomic E-state index is 12.5. The third-order valence-corrected chi connectivity index (χ3v) is 4.52. The maximum Gasteiger partial charge on any atom is 0.422 e. The van der Waals surface area contributed by atoms with Crippen LogP contribution in [0.5, 0.6) is 11.5 Å². The van der Waals surface area contributed by atoms with Crippen molar-refractivity contribution < 1.29 is 22.6 Å². The molecule has 0 aliphatic carbocycles. The topological polar surface area (TPSA) is 65.4 Å². The molecule has 3 aromatic rings. The number of hydrogen-bond donors (Lipinski definition) is 1. The van der Waals surface area contributed by atoms with Crippen LogP contribution in [0.4, 0.5) is 24.8 Å². The second-order valence-corrected chi connectivity index (χ2v) is 7.14. The lowest BCUT2D eigenvalue weighted by Gasteiger charge is -2.17. The number of nitrogens with one attached hydrogen (secondary N) is 1. The molecule has 0 saturated heterocycles. The standard InChI is InChI=1S/C21H19ClF3N3O3/c1-13-6-7-16(31-12-21(23,24)25)9-17(13)26-20-27-19(29)18(30-2)11-28(20)10-14-4-3-5-15(22)8-14/h3-9,11H,10,12H2,1-2H3,(H,26,27,29). The number of nitrogens with zero attached hydrogens (tertiary/aromatic N) is 2. The van der Waals surface area contributed by atoms with E-state index in [0.29, 0.717) is 17.3 Å². The fourth-order valence-corrected chi connectivity index (χ4v) is 2.99. The van der Waals surface area contributed by atoms with E-state index >= 15 is 0 Å². The molecule has 2 aromatic carbocycles. The summed E-state index contributed by atoms with van der Waals surface area (Å²) in [6, 6.07) is 11.6. The average Bonchev–Trinajstić information content (AvgIpc) is 2.70. The van der Waals surface area contributed by atoms with Crippen molar-refractivity contribution in [2.24, 2.45) is 0 Å². The van der Waals surface area contributed by atoms with Gasteiger partial charge in [0.05, 0.1) is 19.9 Å². The molecule has 1 aromatic heterocycles. The Kier molecular flexibility index (Phi) is 6.74. The number of ether oxygens (including phenoxy) is 2. The van der Waals surface area contributed by atoms with Crippen LogP contribution < -0.4 is 20.3 Å². The van der Waals surface area contributed by atoms with Crippen LogP contribution in [0.3, 0.4) is 0 Å². The predicted molar refractivity (Wildman–Crippen MR) is 112 cm³/mol. The van der Waals surface area contributed by atoms with Gasteiger partial charge in [-0.15, -0.1) is 0 Å². The summed E-state index contributed by atoms with van der Waals surface area (Å²) in [5.74, 6) is 0.260. The molecule has 1 heterocycles. The fourth-order valence-electron chi connectivity index (χ4n) is 2.78. The van der Waals surface area contributed by atoms with E-state index < -0.39 is 18.3 Å². The van der Waals surface area contributed by atoms with Crippen molar-refractivity contribution in [2.75, 3.05) is 19.0 Å². The Labute approximate surface area is 181 Å². The Morgan fingerprint density at radius 1 is 1.19 bits per heavy atom. The zero-order chi connectivity index (χ0) is 22.6. The molecule has 0 aliphatic rings. The Balaban J connectivity index is 1.95. The van der Waals surface area contributed by atoms with Crippen LogP contribution in [-0.4, -0.2) is 29.4 Å². The van der Waals surface area contributed by atoms with Crippen molar-refractivity contribution in [3.8, 4) is 11.5 Å². The van der Waals surface area contributed by atoms with Gasteiger partial charge < -0.3 is 19.4 Å². The van der Waals surface area contributed by atoms with Crippen molar-refractivity contribution in [1.29, 1.82) is 0 Å². The third-order valence-electron chi connectivity index (χ3n) is 4.28. The lowest BCUT2D eigenvalue weighted by atomic mass is 10.2. The lowest BCUT2D eigenvalue weighted by Crippen LogP contribution is -2.20. The molecule has 3 rings (SSSR count). The van der Waals surface area contributed by atoms with Crippen LogP contribution in [0.15, 0.2) is 53.5 Å². The number of benzene rings is 2. The van der Waals surface area contributed by atoms with E-state index in [4.69, 9.17) is 21.1 Å². The summed E-state index contributed by atoms with van der Waals surface area (Å²) in [5.41, 5.74) is 1.42. The first-order chi connectivity index (χ1) is 14.6. The Hall–Kier alpha value is -3.20. The summed E-state index contributed by atoms with van der Waals surface area (Å²) in [5, 5.41) is 3.56. The highest BCUT2D eigenvalue weighted by Crippen LogP contribution is 2.27. The SMILES string of the molecule is COc1cn(Cc2cccc(Cl)c2)c(Nc2cc(OCC(F)(F)F)ccc2C)nc1=O. The first-order valence-electron chi connectivity index (χ1n) is 9.12. The van der Waals surface area contributed by atoms with Gasteiger partial charge in [-0.3, -0.25) is 4.79 Å². The van der Waals surface area contributed by atoms with Gasteiger partial charge in [0.1, 0.15) is 5.75 Å². The first kappa shape index (κ1) is 22.5. The summed E-state index contributed by atoms with van der Waals surface area (Å²) < 4.78 is 48.9. The van der Waals surface area contributed by atoms with Gasteiger partial charge in [0.15, 0.2) is 6.61 Å². The summed E-state index contributed by atoms with van der Waals surface area (Å²) in [6.07, 6.45) is -2.95. The van der Waals surface area contributed by atoms with Crippen molar-refractivity contribution in [1.82, 2.24) is 9.55 Å². The minimum absolute atomic E-state index is 0.0303. The van der Waals surface area contributed by atoms with E-state index in [1.54, 1.807) is 35.8 Å². The molecule has 0 saturated carbocycles. The molecule has 0 bridgehead atoms. The smallest absolute Gasteiger partial charge is 0.422 e. The number of aromatic nitrogens is 2. The summed E-state index contributed by atoms with van der Waals surface area (Å²) >= 11 is 6.06. The largest absolute Gasteiger partial charge is 0.490 e. The van der Waals surface area contributed by atoms with E-state index in [1.165, 1.54) is 25.4 Å². The first-order valence-corrected chi connectivity index (χ1v) is 9.49. The van der Waals surface area contributed by atoms with Crippen LogP contribution in [0.1, 0.15) is 11.1 Å². The molecule has 164 valence electrons. The van der Waals surface area contributed by atoms with E-state index in [-0.39, 0.29) is 17.4 Å². The zero-order valence-electron chi connectivity index (χ0n) is 16.7. The summed E-state index contributed by atoms with van der Waals surface area (Å²) in [6.45, 7) is 0.671. The van der Waals surface area contributed by atoms with Crippen LogP contribution in [0, 0.1) is 6.92 Å². The van der Waals surface area contributed by atoms with Crippen LogP contribution in [0.2, 0.25) is 5.02 Å². The zero-order valence-corrected chi connectivity index (χ0v) is 17.4. The third kappa shape index (κ3) is 6.14. The molecule has 0 radical (unpaired) electrons. The molecular formula is C21H19ClF3N3O3. The second-order valence-electron chi connectivity index (χ2n) is 6.70. The molecule has 31 heavy (non-hydrogen) atoms. The molecule has 10 heteroatoms. The monoisotopic (exact) mass is 453 g/mol. The number of anilines is 2. The van der Waals surface area contributed by atoms with Gasteiger partial charge in [-0.1, -0.05) is 29.8 Å². The van der Waals surface area contributed by atoms with Gasteiger partial charge in [-0.25, -0.2) is 0 Å². The van der Waals surface area contributed by atoms with Gasteiger partial charge in [0.25, 0.3) is 0 Å². The van der Waals surface area contributed by atoms with Crippen molar-refractivity contribution in [3.63, 3.8) is 0 Å². The van der Waals surface area contributed by atoms with Gasteiger partial charge >= 0.3 is 11.7 Å². The van der Waals surface area contributed by atoms with E-state index in [2.05, 4.69) is 10.3 Å². The molecule has 0 fully saturated rings. The Bertz CT molecular complexity index is 1130. The fraction of sp³-hybridized carbons (Fsp3) is 0.238. The van der Waals surface area contributed by atoms with Gasteiger partial charge in [-0.05, 0) is 36.2 Å². The molecule has 0 spiro atoms. The molecular weight excluding hydrogens is 435 g/mol. The number of halogens is 4. The lowest BCUT2D eigenvalue weighted by molar-refractivity contribution is -0.153. The number of aryl methyl sites for hydroxylation is 1. The average molecular weight is 454 g/mol. The Morgan fingerprint density at radius 3 is 2.65 bits per heavy atom. The van der Waals surface area contributed by atoms with Gasteiger partial charge in [0.2, 0.25) is 11.7 Å². The van der Waals surface area contributed by atoms with Crippen molar-refractivity contribution in [2.45, 2.75) is 19.6 Å². The highest BCUT2D eigenvalue weighted by molar-refractivity contribution is 6.30. The molecule has 0 unspecified atom stereocenters. The number of rotatable bonds is 7. The highest BCUT2D eigenvalue weighted by atomic mass is 35.5. The van der Waals surface area contributed by atoms with Crippen LogP contribution in [-0.2, 0) is 6.54 Å². The molecule has 0 amide bonds. The second kappa shape index (κ2) is 9.30. The number of methoxy groups -OCH3 is 1. The predicted octanol–water partition coefficient (Wildman–Crippen LogP) is 4.95. The number of alkyl halides is 3. The maximum absolute atomic E-state index is 12.5. The normalized spacial score (nSPS) is 11.3. The van der Waals surface area contributed by atoms with E-state index in [0.717, 1.165) is 11.1 Å². The Morgan fingerprint density at radius 2 is 1.97 bits per heavy atom. The van der Waals surface area contributed by atoms with Gasteiger partial charge in [0, 0.05) is 16.8 Å². The molecule has 0 atom stereocenters. The quantitative estimate of drug-likeness (QED) is 0.548. The van der Waals surface area contributed by atoms with Crippen LogP contribution >= 0.6 is 11.6 Å². The molecule has 6 nitrogen and oxygen atoms in total. The number of hydrogen-bond acceptors (Lipinski definition) is 5. The molecule has 1 N–H and O–H groups in total. The van der Waals surface area contributed by atoms with E-state index in [1.807, 2.05) is 6.07 Å². The summed E-state index contributed by atoms with van der Waals surface area (Å²) in [4.78, 5) is 16.3.